The summed E-state index contributed by atoms with van der Waals surface area (Å²) in [5, 5.41) is 0. The number of fused-ring (bicyclic) bond motifs is 2. The predicted octanol–water partition coefficient (Wildman–Crippen LogP) is 8.28. The Balaban J connectivity index is 1.40. The summed E-state index contributed by atoms with van der Waals surface area (Å²) >= 11 is 0. The van der Waals surface area contributed by atoms with Gasteiger partial charge in [0.15, 0.2) is 0 Å². The van der Waals surface area contributed by atoms with Crippen LogP contribution in [-0.4, -0.2) is 25.1 Å². The van der Waals surface area contributed by atoms with Crippen molar-refractivity contribution >= 4 is 22.9 Å². The number of ether oxygens (including phenoxy) is 1. The number of nitrogens with zero attached hydrogens (tertiary/aromatic N) is 2. The molecule has 41 heavy (non-hydrogen) atoms. The Bertz CT molecular complexity index is 1440. The molecule has 3 aliphatic heterocycles. The summed E-state index contributed by atoms with van der Waals surface area (Å²) < 4.78 is 7.13. The van der Waals surface area contributed by atoms with Crippen molar-refractivity contribution in [1.29, 1.82) is 0 Å². The van der Waals surface area contributed by atoms with E-state index in [1.807, 2.05) is 23.1 Å². The highest BCUT2D eigenvalue weighted by molar-refractivity contribution is 6.34. The zero-order chi connectivity index (χ0) is 28.4. The average Bonchev–Trinajstić information content (AvgIpc) is 3.54. The van der Waals surface area contributed by atoms with Gasteiger partial charge in [-0.1, -0.05) is 85.3 Å². The third kappa shape index (κ3) is 5.26. The first-order valence-corrected chi connectivity index (χ1v) is 15.3. The summed E-state index contributed by atoms with van der Waals surface area (Å²) in [5.41, 5.74) is 6.94. The van der Waals surface area contributed by atoms with E-state index in [0.29, 0.717) is 19.1 Å². The highest BCUT2D eigenvalue weighted by atomic mass is 16.5. The monoisotopic (exact) mass is 546 g/mol. The van der Waals surface area contributed by atoms with E-state index < -0.39 is 5.60 Å². The van der Waals surface area contributed by atoms with Gasteiger partial charge in [-0.25, -0.2) is 0 Å². The van der Waals surface area contributed by atoms with E-state index in [0.717, 1.165) is 72.3 Å². The van der Waals surface area contributed by atoms with Crippen LogP contribution in [0.15, 0.2) is 96.6 Å². The molecule has 0 aromatic heterocycles. The number of benzene rings is 3. The molecule has 3 aromatic carbocycles. The second kappa shape index (κ2) is 11.7. The number of hydrogen-bond donors (Lipinski definition) is 0. The van der Waals surface area contributed by atoms with Crippen LogP contribution in [0.4, 0.5) is 11.4 Å². The topological polar surface area (TPSA) is 32.8 Å². The van der Waals surface area contributed by atoms with Crippen molar-refractivity contribution in [2.45, 2.75) is 71.1 Å². The Morgan fingerprint density at radius 2 is 1.71 bits per heavy atom. The lowest BCUT2D eigenvalue weighted by atomic mass is 9.83. The standard InChI is InChI=1S/C37H42N2O2/c1-27(2)13-10-14-28(3)22-24-41-37(30-17-8-5-9-18-30)25-31-35-32(38-23-12-21-34(37)38)19-11-20-33(35)39(36(31)40)26-29-15-6-4-7-16-29/h4-9,11,13,15-20,25,28,34H,10,12,14,21-24,26H2,1-3H3/t28?,34?,37-/m0/s1. The van der Waals surface area contributed by atoms with E-state index in [9.17, 15) is 4.79 Å². The number of amides is 1. The molecule has 0 bridgehead atoms. The molecule has 4 heteroatoms. The molecule has 0 spiro atoms. The number of carbonyl (C=O) groups excluding carboxylic acids is 1. The first kappa shape index (κ1) is 27.5. The molecule has 1 fully saturated rings. The summed E-state index contributed by atoms with van der Waals surface area (Å²) in [6.45, 7) is 8.84. The van der Waals surface area contributed by atoms with Crippen LogP contribution in [0, 0.1) is 5.92 Å². The lowest BCUT2D eigenvalue weighted by Gasteiger charge is -2.42. The van der Waals surface area contributed by atoms with E-state index in [2.05, 4.69) is 98.5 Å². The number of carbonyl (C=O) groups is 1. The van der Waals surface area contributed by atoms with Crippen LogP contribution < -0.4 is 9.80 Å². The van der Waals surface area contributed by atoms with Gasteiger partial charge in [0, 0.05) is 24.4 Å². The van der Waals surface area contributed by atoms with Gasteiger partial charge in [0.2, 0.25) is 0 Å². The number of hydrogen-bond acceptors (Lipinski definition) is 3. The summed E-state index contributed by atoms with van der Waals surface area (Å²) in [6, 6.07) is 27.5. The Morgan fingerprint density at radius 3 is 2.46 bits per heavy atom. The summed E-state index contributed by atoms with van der Waals surface area (Å²) in [6.07, 6.45) is 9.94. The maximum Gasteiger partial charge on any atom is 0.259 e. The third-order valence-corrected chi connectivity index (χ3v) is 9.04. The van der Waals surface area contributed by atoms with E-state index in [4.69, 9.17) is 4.74 Å². The fraction of sp³-hybridized carbons (Fsp3) is 0.378. The van der Waals surface area contributed by atoms with Crippen LogP contribution in [0.25, 0.3) is 5.57 Å². The molecule has 2 unspecified atom stereocenters. The first-order chi connectivity index (χ1) is 20.0. The van der Waals surface area contributed by atoms with Gasteiger partial charge in [0.05, 0.1) is 23.8 Å². The minimum atomic E-state index is -0.707. The second-order valence-electron chi connectivity index (χ2n) is 12.2. The Kier molecular flexibility index (Phi) is 7.86. The van der Waals surface area contributed by atoms with Gasteiger partial charge in [0.25, 0.3) is 5.91 Å². The second-order valence-corrected chi connectivity index (χ2v) is 12.2. The van der Waals surface area contributed by atoms with E-state index in [1.165, 1.54) is 5.57 Å². The molecular weight excluding hydrogens is 504 g/mol. The van der Waals surface area contributed by atoms with Gasteiger partial charge < -0.3 is 14.5 Å². The fourth-order valence-electron chi connectivity index (χ4n) is 6.92. The molecule has 4 nitrogen and oxygen atoms in total. The van der Waals surface area contributed by atoms with Gasteiger partial charge in [-0.3, -0.25) is 4.79 Å². The summed E-state index contributed by atoms with van der Waals surface area (Å²) in [5.74, 6) is 0.631. The number of allylic oxidation sites excluding steroid dienone is 2. The summed E-state index contributed by atoms with van der Waals surface area (Å²) in [7, 11) is 0. The smallest absolute Gasteiger partial charge is 0.259 e. The van der Waals surface area contributed by atoms with Crippen molar-refractivity contribution in [2.75, 3.05) is 23.0 Å². The van der Waals surface area contributed by atoms with Gasteiger partial charge in [-0.2, -0.15) is 0 Å². The maximum absolute atomic E-state index is 14.3. The number of anilines is 2. The Hall–Kier alpha value is -3.63. The highest BCUT2D eigenvalue weighted by Gasteiger charge is 2.51. The normalized spacial score (nSPS) is 21.7. The van der Waals surface area contributed by atoms with E-state index in [-0.39, 0.29) is 11.9 Å². The molecule has 0 saturated carbocycles. The molecule has 3 aromatic rings. The van der Waals surface area contributed by atoms with Gasteiger partial charge in [-0.05, 0) is 81.2 Å². The van der Waals surface area contributed by atoms with Crippen molar-refractivity contribution in [3.63, 3.8) is 0 Å². The molecule has 0 radical (unpaired) electrons. The fourth-order valence-corrected chi connectivity index (χ4v) is 6.92. The molecule has 1 amide bonds. The molecule has 3 atom stereocenters. The minimum absolute atomic E-state index is 0.0662. The van der Waals surface area contributed by atoms with Crippen molar-refractivity contribution in [3.05, 3.63) is 113 Å². The molecular formula is C37H42N2O2. The molecule has 212 valence electrons. The highest BCUT2D eigenvalue weighted by Crippen LogP contribution is 2.53. The Morgan fingerprint density at radius 1 is 0.976 bits per heavy atom. The van der Waals surface area contributed by atoms with Gasteiger partial charge in [0.1, 0.15) is 5.60 Å². The van der Waals surface area contributed by atoms with Gasteiger partial charge in [-0.15, -0.1) is 0 Å². The molecule has 3 aliphatic rings. The lowest BCUT2D eigenvalue weighted by Crippen LogP contribution is -2.48. The quantitative estimate of drug-likeness (QED) is 0.240. The van der Waals surface area contributed by atoms with Crippen LogP contribution in [0.1, 0.15) is 69.6 Å². The SMILES string of the molecule is CC(C)=CCCC(C)CCO[C@]1(c2ccccc2)C=C2C(=O)N(Cc3ccccc3)c3cccc(c32)N2CCCC21. The lowest BCUT2D eigenvalue weighted by molar-refractivity contribution is -0.113. The average molecular weight is 547 g/mol. The van der Waals surface area contributed by atoms with E-state index in [1.54, 1.807) is 0 Å². The molecule has 0 aliphatic carbocycles. The zero-order valence-corrected chi connectivity index (χ0v) is 24.7. The zero-order valence-electron chi connectivity index (χ0n) is 24.7. The van der Waals surface area contributed by atoms with Crippen LogP contribution in [0.5, 0.6) is 0 Å². The molecule has 3 heterocycles. The van der Waals surface area contributed by atoms with Crippen LogP contribution in [0.2, 0.25) is 0 Å². The molecule has 0 N–H and O–H groups in total. The maximum atomic E-state index is 14.3. The third-order valence-electron chi connectivity index (χ3n) is 9.04. The van der Waals surface area contributed by atoms with Crippen molar-refractivity contribution in [1.82, 2.24) is 0 Å². The first-order valence-electron chi connectivity index (χ1n) is 15.3. The molecule has 6 rings (SSSR count). The predicted molar refractivity (Wildman–Crippen MR) is 169 cm³/mol. The van der Waals surface area contributed by atoms with Crippen LogP contribution >= 0.6 is 0 Å². The Labute approximate surface area is 245 Å². The summed E-state index contributed by atoms with van der Waals surface area (Å²) in [4.78, 5) is 18.8. The van der Waals surface area contributed by atoms with Crippen molar-refractivity contribution < 1.29 is 9.53 Å². The minimum Gasteiger partial charge on any atom is -0.364 e. The van der Waals surface area contributed by atoms with Crippen LogP contribution in [-0.2, 0) is 21.7 Å². The van der Waals surface area contributed by atoms with Crippen molar-refractivity contribution in [2.24, 2.45) is 5.92 Å². The van der Waals surface area contributed by atoms with Gasteiger partial charge >= 0.3 is 0 Å². The molecule has 1 saturated heterocycles. The van der Waals surface area contributed by atoms with Crippen molar-refractivity contribution in [3.8, 4) is 0 Å². The number of rotatable bonds is 10. The van der Waals surface area contributed by atoms with E-state index >= 15 is 0 Å². The van der Waals surface area contributed by atoms with Crippen LogP contribution in [0.3, 0.4) is 0 Å². The largest absolute Gasteiger partial charge is 0.364 e.